The number of nitrogens with zero attached hydrogens (tertiary/aromatic N) is 2. The van der Waals surface area contributed by atoms with Crippen LogP contribution in [-0.2, 0) is 0 Å². The molecule has 10 heteroatoms. The van der Waals surface area contributed by atoms with E-state index in [-0.39, 0.29) is 22.1 Å². The third kappa shape index (κ3) is 2.90. The molecule has 0 spiro atoms. The Balaban J connectivity index is 2.06. The summed E-state index contributed by atoms with van der Waals surface area (Å²) in [4.78, 5) is 32.4. The average Bonchev–Trinajstić information content (AvgIpc) is 2.88. The second-order valence-corrected chi connectivity index (χ2v) is 4.87. The molecule has 3 rings (SSSR count). The Morgan fingerprint density at radius 2 is 2.13 bits per heavy atom. The van der Waals surface area contributed by atoms with Crippen molar-refractivity contribution in [2.24, 2.45) is 0 Å². The summed E-state index contributed by atoms with van der Waals surface area (Å²) in [6.07, 6.45) is 0.0986. The van der Waals surface area contributed by atoms with Gasteiger partial charge in [-0.25, -0.2) is 20.1 Å². The fourth-order valence-electron chi connectivity index (χ4n) is 2.00. The van der Waals surface area contributed by atoms with Crippen molar-refractivity contribution in [1.82, 2.24) is 20.3 Å². The highest BCUT2D eigenvalue weighted by Crippen LogP contribution is 2.28. The standard InChI is InChI=1S/C13H8ClN5O4/c14-6-1-5(2-8-10(6)23-13(22)18-8)7-3-9(17-4-16-7)11(15)19-12(20)21/h1-4H,(H2,15,19)(H,18,22)(H,20,21)/p+1. The molecule has 2 aromatic heterocycles. The first-order valence-electron chi connectivity index (χ1n) is 6.20. The summed E-state index contributed by atoms with van der Waals surface area (Å²) >= 11 is 6.08. The number of fused-ring (bicyclic) bond motifs is 1. The van der Waals surface area contributed by atoms with Crippen LogP contribution >= 0.6 is 11.6 Å². The predicted molar refractivity (Wildman–Crippen MR) is 81.8 cm³/mol. The molecule has 0 saturated heterocycles. The zero-order valence-electron chi connectivity index (χ0n) is 11.3. The molecule has 0 fully saturated rings. The van der Waals surface area contributed by atoms with Crippen LogP contribution in [0.3, 0.4) is 0 Å². The van der Waals surface area contributed by atoms with Gasteiger partial charge in [0.15, 0.2) is 11.4 Å². The molecule has 9 nitrogen and oxygen atoms in total. The molecule has 2 heterocycles. The first-order valence-corrected chi connectivity index (χ1v) is 6.58. The Morgan fingerprint density at radius 1 is 1.35 bits per heavy atom. The smallest absolute Gasteiger partial charge is 0.547 e. The molecule has 0 aliphatic rings. The van der Waals surface area contributed by atoms with Crippen LogP contribution in [0.15, 0.2) is 33.7 Å². The van der Waals surface area contributed by atoms with Crippen molar-refractivity contribution in [3.63, 3.8) is 0 Å². The van der Waals surface area contributed by atoms with Gasteiger partial charge >= 0.3 is 11.8 Å². The first-order chi connectivity index (χ1) is 10.9. The normalized spacial score (nSPS) is 10.7. The summed E-state index contributed by atoms with van der Waals surface area (Å²) in [7, 11) is 0. The zero-order chi connectivity index (χ0) is 16.6. The summed E-state index contributed by atoms with van der Waals surface area (Å²) in [5.74, 6) is -0.945. The van der Waals surface area contributed by atoms with Gasteiger partial charge in [-0.1, -0.05) is 11.6 Å². The van der Waals surface area contributed by atoms with E-state index in [0.717, 1.165) is 0 Å². The summed E-state index contributed by atoms with van der Waals surface area (Å²) in [6, 6.07) is 4.62. The molecule has 1 amide bonds. The Morgan fingerprint density at radius 3 is 2.87 bits per heavy atom. The monoisotopic (exact) mass is 334 g/mol. The Hall–Kier alpha value is -3.20. The zero-order valence-corrected chi connectivity index (χ0v) is 12.1. The molecule has 5 N–H and O–H groups in total. The highest BCUT2D eigenvalue weighted by atomic mass is 35.5. The number of hydrogen-bond acceptors (Lipinski definition) is 6. The first kappa shape index (κ1) is 14.7. The highest BCUT2D eigenvalue weighted by molar-refractivity contribution is 6.35. The number of amidine groups is 1. The molecule has 1 aromatic carbocycles. The van der Waals surface area contributed by atoms with Crippen LogP contribution in [0.5, 0.6) is 0 Å². The van der Waals surface area contributed by atoms with E-state index in [9.17, 15) is 9.59 Å². The Kier molecular flexibility index (Phi) is 3.54. The number of nitrogens with one attached hydrogen (secondary N) is 3. The minimum Gasteiger partial charge on any atom is -0.547 e. The van der Waals surface area contributed by atoms with Crippen LogP contribution in [0.25, 0.3) is 22.4 Å². The van der Waals surface area contributed by atoms with Crippen molar-refractivity contribution in [3.8, 4) is 11.3 Å². The quantitative estimate of drug-likeness (QED) is 0.363. The molecule has 0 saturated carbocycles. The lowest BCUT2D eigenvalue weighted by atomic mass is 10.1. The lowest BCUT2D eigenvalue weighted by Gasteiger charge is -2.05. The maximum Gasteiger partial charge on any atom is 0.632 e. The van der Waals surface area contributed by atoms with E-state index in [1.54, 1.807) is 12.1 Å². The number of carbonyl (C=O) groups is 1. The molecule has 0 radical (unpaired) electrons. The van der Waals surface area contributed by atoms with Gasteiger partial charge in [0.1, 0.15) is 12.0 Å². The summed E-state index contributed by atoms with van der Waals surface area (Å²) in [5, 5.41) is 16.7. The van der Waals surface area contributed by atoms with Crippen LogP contribution in [0.2, 0.25) is 5.02 Å². The van der Waals surface area contributed by atoms with E-state index in [1.807, 2.05) is 5.32 Å². The molecule has 0 unspecified atom stereocenters. The summed E-state index contributed by atoms with van der Waals surface area (Å²) in [6.45, 7) is 0. The fourth-order valence-corrected chi connectivity index (χ4v) is 2.25. The van der Waals surface area contributed by atoms with E-state index in [4.69, 9.17) is 26.5 Å². The number of benzene rings is 1. The van der Waals surface area contributed by atoms with E-state index in [0.29, 0.717) is 16.8 Å². The van der Waals surface area contributed by atoms with Gasteiger partial charge < -0.3 is 9.52 Å². The molecule has 0 atom stereocenters. The second-order valence-electron chi connectivity index (χ2n) is 4.47. The van der Waals surface area contributed by atoms with E-state index in [1.165, 1.54) is 12.4 Å². The molecular formula is C13H9ClN5O4+. The van der Waals surface area contributed by atoms with Gasteiger partial charge in [-0.15, -0.1) is 0 Å². The van der Waals surface area contributed by atoms with Crippen LogP contribution in [0.4, 0.5) is 4.79 Å². The predicted octanol–water partition coefficient (Wildman–Crippen LogP) is 0.991. The van der Waals surface area contributed by atoms with Gasteiger partial charge in [0.2, 0.25) is 0 Å². The largest absolute Gasteiger partial charge is 0.632 e. The molecular weight excluding hydrogens is 326 g/mol. The molecule has 0 aliphatic carbocycles. The maximum absolute atomic E-state index is 11.2. The molecule has 3 aromatic rings. The van der Waals surface area contributed by atoms with Crippen LogP contribution in [0, 0.1) is 5.41 Å². The Bertz CT molecular complexity index is 993. The van der Waals surface area contributed by atoms with Gasteiger partial charge in [-0.05, 0) is 18.2 Å². The number of aromatic amines is 1. The van der Waals surface area contributed by atoms with Crippen LogP contribution in [-0.4, -0.2) is 32.0 Å². The minimum absolute atomic E-state index is 0.132. The van der Waals surface area contributed by atoms with Gasteiger partial charge in [0, 0.05) is 5.56 Å². The van der Waals surface area contributed by atoms with Gasteiger partial charge in [0.25, 0.3) is 0 Å². The van der Waals surface area contributed by atoms with Crippen molar-refractivity contribution in [1.29, 1.82) is 5.41 Å². The molecule has 23 heavy (non-hydrogen) atoms. The van der Waals surface area contributed by atoms with Crippen molar-refractivity contribution in [2.45, 2.75) is 0 Å². The van der Waals surface area contributed by atoms with E-state index in [2.05, 4.69) is 15.0 Å². The van der Waals surface area contributed by atoms with Gasteiger partial charge in [0.05, 0.1) is 21.0 Å². The fraction of sp³-hybridized carbons (Fsp3) is 0. The molecule has 0 bridgehead atoms. The second kappa shape index (κ2) is 5.54. The summed E-state index contributed by atoms with van der Waals surface area (Å²) in [5.41, 5.74) is 1.77. The maximum atomic E-state index is 11.2. The molecule has 116 valence electrons. The van der Waals surface area contributed by atoms with Gasteiger partial charge in [-0.3, -0.25) is 10.4 Å². The van der Waals surface area contributed by atoms with Crippen molar-refractivity contribution in [2.75, 3.05) is 0 Å². The van der Waals surface area contributed by atoms with Crippen LogP contribution in [0.1, 0.15) is 5.69 Å². The number of hydrogen-bond donors (Lipinski definition) is 3. The summed E-state index contributed by atoms with van der Waals surface area (Å²) < 4.78 is 4.92. The number of amides is 1. The number of halogens is 1. The minimum atomic E-state index is -1.12. The van der Waals surface area contributed by atoms with Crippen molar-refractivity contribution >= 4 is 34.6 Å². The number of rotatable bonds is 2. The third-order valence-electron chi connectivity index (χ3n) is 2.93. The molecule has 0 aliphatic heterocycles. The van der Waals surface area contributed by atoms with Crippen LogP contribution < -0.4 is 11.1 Å². The Labute approximate surface area is 132 Å². The lowest BCUT2D eigenvalue weighted by molar-refractivity contribution is 0.200. The number of oxazole rings is 1. The van der Waals surface area contributed by atoms with E-state index >= 15 is 0 Å². The lowest BCUT2D eigenvalue weighted by Crippen LogP contribution is -2.29. The number of carbonyl (C=O) groups excluding carboxylic acids is 1. The van der Waals surface area contributed by atoms with Crippen molar-refractivity contribution in [3.05, 3.63) is 45.8 Å². The highest BCUT2D eigenvalue weighted by Gasteiger charge is 2.14. The van der Waals surface area contributed by atoms with Crippen molar-refractivity contribution < 1.29 is 14.3 Å². The number of aromatic nitrogens is 3. The van der Waals surface area contributed by atoms with E-state index < -0.39 is 11.8 Å². The number of H-pyrrole nitrogens is 1. The van der Waals surface area contributed by atoms with Gasteiger partial charge in [-0.2, -0.15) is 0 Å². The average molecular weight is 335 g/mol. The topological polar surface area (TPSA) is 148 Å². The SMILES string of the molecule is N=C(NC(=O)[OH2+])c1cc(-c2cc(Cl)c3oc(=O)[nH]c3c2)ncn1. The third-order valence-corrected chi connectivity index (χ3v) is 3.21.